The summed E-state index contributed by atoms with van der Waals surface area (Å²) in [6, 6.07) is 8.03. The molecular formula is C12H12ClFN2O. The van der Waals surface area contributed by atoms with Gasteiger partial charge < -0.3 is 4.42 Å². The molecule has 0 amide bonds. The van der Waals surface area contributed by atoms with Crippen LogP contribution in [-0.4, -0.2) is 0 Å². The minimum absolute atomic E-state index is 0.0854. The van der Waals surface area contributed by atoms with Crippen LogP contribution in [0.25, 0.3) is 0 Å². The molecule has 0 aliphatic heterocycles. The smallest absolute Gasteiger partial charge is 0.141 e. The highest BCUT2D eigenvalue weighted by molar-refractivity contribution is 6.30. The molecule has 0 aliphatic carbocycles. The van der Waals surface area contributed by atoms with Gasteiger partial charge in [-0.25, -0.2) is 4.39 Å². The predicted molar refractivity (Wildman–Crippen MR) is 63.9 cm³/mol. The number of rotatable bonds is 4. The van der Waals surface area contributed by atoms with Crippen LogP contribution in [-0.2, 0) is 6.42 Å². The number of halogens is 2. The van der Waals surface area contributed by atoms with Crippen molar-refractivity contribution in [2.45, 2.75) is 12.5 Å². The molecule has 0 radical (unpaired) electrons. The first-order chi connectivity index (χ1) is 8.20. The summed E-state index contributed by atoms with van der Waals surface area (Å²) in [5.74, 6) is 5.84. The van der Waals surface area contributed by atoms with Crippen molar-refractivity contribution in [2.75, 3.05) is 0 Å². The molecule has 1 aromatic heterocycles. The van der Waals surface area contributed by atoms with E-state index in [0.717, 1.165) is 11.3 Å². The Hall–Kier alpha value is -1.36. The normalized spacial score (nSPS) is 12.6. The van der Waals surface area contributed by atoms with Crippen molar-refractivity contribution >= 4 is 11.6 Å². The molecule has 1 atom stereocenters. The first kappa shape index (κ1) is 12.1. The number of hydrogen-bond donors (Lipinski definition) is 2. The van der Waals surface area contributed by atoms with Crippen LogP contribution in [0.5, 0.6) is 0 Å². The zero-order chi connectivity index (χ0) is 12.3. The third-order valence-electron chi connectivity index (χ3n) is 2.53. The molecule has 3 nitrogen and oxygen atoms in total. The zero-order valence-corrected chi connectivity index (χ0v) is 9.75. The Morgan fingerprint density at radius 3 is 2.82 bits per heavy atom. The SMILES string of the molecule is NNC(Cc1ccco1)c1ccc(F)c(Cl)c1. The minimum Gasteiger partial charge on any atom is -0.469 e. The summed E-state index contributed by atoms with van der Waals surface area (Å²) in [6.07, 6.45) is 2.17. The molecule has 2 aromatic rings. The molecule has 1 aromatic carbocycles. The molecular weight excluding hydrogens is 243 g/mol. The fourth-order valence-corrected chi connectivity index (χ4v) is 1.82. The molecule has 0 saturated carbocycles. The average Bonchev–Trinajstić information content (AvgIpc) is 2.82. The van der Waals surface area contributed by atoms with Crippen molar-refractivity contribution in [1.29, 1.82) is 0 Å². The number of hydrogen-bond acceptors (Lipinski definition) is 3. The molecule has 0 saturated heterocycles. The average molecular weight is 255 g/mol. The second-order valence-corrected chi connectivity index (χ2v) is 4.08. The highest BCUT2D eigenvalue weighted by atomic mass is 35.5. The largest absolute Gasteiger partial charge is 0.469 e. The molecule has 90 valence electrons. The summed E-state index contributed by atoms with van der Waals surface area (Å²) in [4.78, 5) is 0. The van der Waals surface area contributed by atoms with Gasteiger partial charge in [-0.05, 0) is 29.8 Å². The maximum absolute atomic E-state index is 13.0. The van der Waals surface area contributed by atoms with Gasteiger partial charge in [-0.2, -0.15) is 0 Å². The van der Waals surface area contributed by atoms with Gasteiger partial charge in [0.05, 0.1) is 17.3 Å². The van der Waals surface area contributed by atoms with Crippen LogP contribution in [0, 0.1) is 5.82 Å². The Bertz CT molecular complexity index is 487. The third kappa shape index (κ3) is 2.85. The van der Waals surface area contributed by atoms with Crippen LogP contribution in [0.4, 0.5) is 4.39 Å². The number of nitrogens with one attached hydrogen (secondary N) is 1. The highest BCUT2D eigenvalue weighted by Crippen LogP contribution is 2.23. The maximum atomic E-state index is 13.0. The molecule has 0 fully saturated rings. The maximum Gasteiger partial charge on any atom is 0.141 e. The van der Waals surface area contributed by atoms with E-state index in [4.69, 9.17) is 21.9 Å². The number of benzene rings is 1. The summed E-state index contributed by atoms with van der Waals surface area (Å²) in [5, 5.41) is 0.0854. The standard InChI is InChI=1S/C12H12ClFN2O/c13-10-6-8(3-4-11(10)14)12(16-15)7-9-2-1-5-17-9/h1-6,12,16H,7,15H2. The van der Waals surface area contributed by atoms with Crippen LogP contribution in [0.3, 0.4) is 0 Å². The monoisotopic (exact) mass is 254 g/mol. The number of hydrazine groups is 1. The number of furan rings is 1. The van der Waals surface area contributed by atoms with Crippen LogP contribution in [0.2, 0.25) is 5.02 Å². The molecule has 0 bridgehead atoms. The van der Waals surface area contributed by atoms with Crippen LogP contribution >= 0.6 is 11.6 Å². The van der Waals surface area contributed by atoms with Crippen LogP contribution in [0.15, 0.2) is 41.0 Å². The Morgan fingerprint density at radius 1 is 1.41 bits per heavy atom. The van der Waals surface area contributed by atoms with E-state index in [1.807, 2.05) is 6.07 Å². The first-order valence-corrected chi connectivity index (χ1v) is 5.52. The first-order valence-electron chi connectivity index (χ1n) is 5.14. The fourth-order valence-electron chi connectivity index (χ4n) is 1.63. The van der Waals surface area contributed by atoms with Gasteiger partial charge in [0, 0.05) is 6.42 Å². The van der Waals surface area contributed by atoms with Gasteiger partial charge in [0.1, 0.15) is 11.6 Å². The van der Waals surface area contributed by atoms with Gasteiger partial charge in [0.15, 0.2) is 0 Å². The van der Waals surface area contributed by atoms with Gasteiger partial charge in [0.25, 0.3) is 0 Å². The topological polar surface area (TPSA) is 51.2 Å². The van der Waals surface area contributed by atoms with E-state index < -0.39 is 5.82 Å². The van der Waals surface area contributed by atoms with Crippen molar-refractivity contribution in [2.24, 2.45) is 5.84 Å². The lowest BCUT2D eigenvalue weighted by Crippen LogP contribution is -2.29. The van der Waals surface area contributed by atoms with Gasteiger partial charge in [-0.1, -0.05) is 17.7 Å². The van der Waals surface area contributed by atoms with E-state index in [0.29, 0.717) is 6.42 Å². The van der Waals surface area contributed by atoms with Crippen molar-refractivity contribution in [1.82, 2.24) is 5.43 Å². The van der Waals surface area contributed by atoms with E-state index >= 15 is 0 Å². The van der Waals surface area contributed by atoms with E-state index in [2.05, 4.69) is 5.43 Å². The molecule has 0 spiro atoms. The fraction of sp³-hybridized carbons (Fsp3) is 0.167. The molecule has 5 heteroatoms. The summed E-state index contributed by atoms with van der Waals surface area (Å²) < 4.78 is 18.3. The quantitative estimate of drug-likeness (QED) is 0.652. The van der Waals surface area contributed by atoms with E-state index in [1.54, 1.807) is 24.5 Å². The lowest BCUT2D eigenvalue weighted by Gasteiger charge is -2.15. The Morgan fingerprint density at radius 2 is 2.24 bits per heavy atom. The van der Waals surface area contributed by atoms with E-state index in [9.17, 15) is 4.39 Å². The van der Waals surface area contributed by atoms with Gasteiger partial charge >= 0.3 is 0 Å². The third-order valence-corrected chi connectivity index (χ3v) is 2.82. The molecule has 0 aliphatic rings. The lowest BCUT2D eigenvalue weighted by molar-refractivity contribution is 0.454. The van der Waals surface area contributed by atoms with E-state index in [1.165, 1.54) is 6.07 Å². The Kier molecular flexibility index (Phi) is 3.78. The lowest BCUT2D eigenvalue weighted by atomic mass is 10.0. The molecule has 1 heterocycles. The Balaban J connectivity index is 2.20. The zero-order valence-electron chi connectivity index (χ0n) is 8.99. The van der Waals surface area contributed by atoms with Crippen LogP contribution in [0.1, 0.15) is 17.4 Å². The summed E-state index contributed by atoms with van der Waals surface area (Å²) in [6.45, 7) is 0. The summed E-state index contributed by atoms with van der Waals surface area (Å²) in [7, 11) is 0. The van der Waals surface area contributed by atoms with Gasteiger partial charge in [-0.3, -0.25) is 11.3 Å². The van der Waals surface area contributed by atoms with Crippen molar-refractivity contribution in [3.63, 3.8) is 0 Å². The summed E-state index contributed by atoms with van der Waals surface area (Å²) in [5.41, 5.74) is 3.48. The van der Waals surface area contributed by atoms with Crippen molar-refractivity contribution < 1.29 is 8.81 Å². The molecule has 17 heavy (non-hydrogen) atoms. The predicted octanol–water partition coefficient (Wildman–Crippen LogP) is 2.82. The van der Waals surface area contributed by atoms with Gasteiger partial charge in [-0.15, -0.1) is 0 Å². The van der Waals surface area contributed by atoms with Crippen LogP contribution < -0.4 is 11.3 Å². The van der Waals surface area contributed by atoms with E-state index in [-0.39, 0.29) is 11.1 Å². The molecule has 3 N–H and O–H groups in total. The molecule has 2 rings (SSSR count). The van der Waals surface area contributed by atoms with Crippen molar-refractivity contribution in [3.05, 3.63) is 58.8 Å². The van der Waals surface area contributed by atoms with Gasteiger partial charge in [0.2, 0.25) is 0 Å². The Labute approximate surface area is 103 Å². The van der Waals surface area contributed by atoms with Crippen molar-refractivity contribution in [3.8, 4) is 0 Å². The second-order valence-electron chi connectivity index (χ2n) is 3.68. The molecule has 1 unspecified atom stereocenters. The summed E-state index contributed by atoms with van der Waals surface area (Å²) >= 11 is 5.73. The number of nitrogens with two attached hydrogens (primary N) is 1. The highest BCUT2D eigenvalue weighted by Gasteiger charge is 2.13. The second kappa shape index (κ2) is 5.31. The minimum atomic E-state index is -0.441.